The van der Waals surface area contributed by atoms with Gasteiger partial charge in [-0.2, -0.15) is 0 Å². The first kappa shape index (κ1) is 14.6. The van der Waals surface area contributed by atoms with E-state index in [0.29, 0.717) is 18.9 Å². The van der Waals surface area contributed by atoms with Crippen molar-refractivity contribution in [3.8, 4) is 5.69 Å². The molecule has 0 spiro atoms. The normalized spacial score (nSPS) is 21.3. The summed E-state index contributed by atoms with van der Waals surface area (Å²) in [5.41, 5.74) is 7.58. The predicted octanol–water partition coefficient (Wildman–Crippen LogP) is 0.400. The maximum atomic E-state index is 12.4. The van der Waals surface area contributed by atoms with Crippen molar-refractivity contribution in [1.29, 1.82) is 0 Å². The van der Waals surface area contributed by atoms with Crippen LogP contribution in [0, 0.1) is 5.92 Å². The second-order valence-corrected chi connectivity index (χ2v) is 5.83. The van der Waals surface area contributed by atoms with Crippen molar-refractivity contribution in [1.82, 2.24) is 25.1 Å². The molecule has 1 aliphatic rings. The largest absolute Gasteiger partial charge is 0.339 e. The van der Waals surface area contributed by atoms with Crippen LogP contribution in [0.25, 0.3) is 5.69 Å². The van der Waals surface area contributed by atoms with Crippen molar-refractivity contribution in [2.75, 3.05) is 13.1 Å². The highest BCUT2D eigenvalue weighted by atomic mass is 16.2. The second-order valence-electron chi connectivity index (χ2n) is 5.83. The van der Waals surface area contributed by atoms with Crippen molar-refractivity contribution in [2.24, 2.45) is 11.7 Å². The first-order chi connectivity index (χ1) is 10.7. The highest BCUT2D eigenvalue weighted by molar-refractivity contribution is 5.79. The zero-order chi connectivity index (χ0) is 15.5. The number of tetrazole rings is 1. The lowest BCUT2D eigenvalue weighted by Crippen LogP contribution is -2.35. The van der Waals surface area contributed by atoms with Gasteiger partial charge in [-0.05, 0) is 53.9 Å². The zero-order valence-corrected chi connectivity index (χ0v) is 12.6. The smallest absolute Gasteiger partial charge is 0.227 e. The van der Waals surface area contributed by atoms with E-state index in [1.54, 1.807) is 11.0 Å². The van der Waals surface area contributed by atoms with E-state index >= 15 is 0 Å². The van der Waals surface area contributed by atoms with Gasteiger partial charge in [-0.1, -0.05) is 12.1 Å². The molecule has 7 nitrogen and oxygen atoms in total. The fourth-order valence-corrected chi connectivity index (χ4v) is 2.98. The number of benzene rings is 1. The van der Waals surface area contributed by atoms with Gasteiger partial charge >= 0.3 is 0 Å². The summed E-state index contributed by atoms with van der Waals surface area (Å²) >= 11 is 0. The monoisotopic (exact) mass is 300 g/mol. The Hall–Kier alpha value is -2.28. The molecule has 0 saturated carbocycles. The first-order valence-electron chi connectivity index (χ1n) is 7.49. The summed E-state index contributed by atoms with van der Waals surface area (Å²) in [5.74, 6) is 0.597. The summed E-state index contributed by atoms with van der Waals surface area (Å²) < 4.78 is 1.58. The topological polar surface area (TPSA) is 89.9 Å². The Kier molecular flexibility index (Phi) is 4.15. The SMILES string of the molecule is CC1CC(CN)CN1C(=O)Cc1ccc(-n2cnnn2)cc1. The number of nitrogens with two attached hydrogens (primary N) is 1. The van der Waals surface area contributed by atoms with Gasteiger partial charge in [0.2, 0.25) is 5.91 Å². The summed E-state index contributed by atoms with van der Waals surface area (Å²) in [7, 11) is 0. The molecule has 2 aromatic rings. The van der Waals surface area contributed by atoms with Crippen LogP contribution in [0.2, 0.25) is 0 Å². The van der Waals surface area contributed by atoms with Gasteiger partial charge in [0.15, 0.2) is 0 Å². The van der Waals surface area contributed by atoms with Crippen LogP contribution < -0.4 is 5.73 Å². The number of hydrogen-bond donors (Lipinski definition) is 1. The third-order valence-corrected chi connectivity index (χ3v) is 4.22. The maximum absolute atomic E-state index is 12.4. The van der Waals surface area contributed by atoms with Gasteiger partial charge in [0.1, 0.15) is 6.33 Å². The molecular formula is C15H20N6O. The number of amides is 1. The second kappa shape index (κ2) is 6.23. The minimum atomic E-state index is 0.165. The van der Waals surface area contributed by atoms with Crippen molar-refractivity contribution >= 4 is 5.91 Å². The molecule has 2 atom stereocenters. The summed E-state index contributed by atoms with van der Waals surface area (Å²) in [6.45, 7) is 3.52. The average Bonchev–Trinajstić information content (AvgIpc) is 3.17. The molecule has 22 heavy (non-hydrogen) atoms. The molecule has 2 N–H and O–H groups in total. The van der Waals surface area contributed by atoms with Crippen LogP contribution in [-0.4, -0.2) is 50.1 Å². The number of hydrogen-bond acceptors (Lipinski definition) is 5. The van der Waals surface area contributed by atoms with Crippen molar-refractivity contribution in [3.63, 3.8) is 0 Å². The molecule has 1 aromatic carbocycles. The lowest BCUT2D eigenvalue weighted by molar-refractivity contribution is -0.131. The Balaban J connectivity index is 1.64. The molecule has 1 fully saturated rings. The molecule has 2 heterocycles. The number of aromatic nitrogens is 4. The van der Waals surface area contributed by atoms with Gasteiger partial charge < -0.3 is 10.6 Å². The van der Waals surface area contributed by atoms with Crippen LogP contribution in [0.4, 0.5) is 0 Å². The van der Waals surface area contributed by atoms with Crippen LogP contribution in [0.15, 0.2) is 30.6 Å². The lowest BCUT2D eigenvalue weighted by Gasteiger charge is -2.21. The number of likely N-dealkylation sites (tertiary alicyclic amines) is 1. The lowest BCUT2D eigenvalue weighted by atomic mass is 10.1. The fraction of sp³-hybridized carbons (Fsp3) is 0.467. The summed E-state index contributed by atoms with van der Waals surface area (Å²) in [5, 5.41) is 11.0. The van der Waals surface area contributed by atoms with E-state index in [9.17, 15) is 4.79 Å². The molecule has 1 aliphatic heterocycles. The Morgan fingerprint density at radius 2 is 2.14 bits per heavy atom. The molecular weight excluding hydrogens is 280 g/mol. The predicted molar refractivity (Wildman–Crippen MR) is 81.2 cm³/mol. The van der Waals surface area contributed by atoms with Crippen LogP contribution in [0.5, 0.6) is 0 Å². The third kappa shape index (κ3) is 2.99. The Bertz CT molecular complexity index is 624. The molecule has 7 heteroatoms. The fourth-order valence-electron chi connectivity index (χ4n) is 2.98. The van der Waals surface area contributed by atoms with E-state index in [0.717, 1.165) is 24.2 Å². The molecule has 3 rings (SSSR count). The molecule has 1 amide bonds. The van der Waals surface area contributed by atoms with Crippen LogP contribution in [0.3, 0.4) is 0 Å². The van der Waals surface area contributed by atoms with E-state index in [1.807, 2.05) is 29.2 Å². The molecule has 0 radical (unpaired) electrons. The van der Waals surface area contributed by atoms with Crippen LogP contribution in [-0.2, 0) is 11.2 Å². The van der Waals surface area contributed by atoms with Crippen molar-refractivity contribution in [3.05, 3.63) is 36.2 Å². The van der Waals surface area contributed by atoms with Gasteiger partial charge in [0.25, 0.3) is 0 Å². The van der Waals surface area contributed by atoms with Gasteiger partial charge in [-0.15, -0.1) is 5.10 Å². The Labute approximate surface area is 129 Å². The quantitative estimate of drug-likeness (QED) is 0.882. The molecule has 1 saturated heterocycles. The highest BCUT2D eigenvalue weighted by Gasteiger charge is 2.31. The van der Waals surface area contributed by atoms with Gasteiger partial charge in [0, 0.05) is 12.6 Å². The summed E-state index contributed by atoms with van der Waals surface area (Å²) in [4.78, 5) is 14.4. The van der Waals surface area contributed by atoms with Crippen molar-refractivity contribution in [2.45, 2.75) is 25.8 Å². The van der Waals surface area contributed by atoms with Gasteiger partial charge in [-0.3, -0.25) is 4.79 Å². The van der Waals surface area contributed by atoms with Crippen LogP contribution >= 0.6 is 0 Å². The zero-order valence-electron chi connectivity index (χ0n) is 12.6. The Morgan fingerprint density at radius 1 is 1.36 bits per heavy atom. The van der Waals surface area contributed by atoms with E-state index in [4.69, 9.17) is 5.73 Å². The standard InChI is InChI=1S/C15H20N6O/c1-11-6-13(8-16)9-20(11)15(22)7-12-2-4-14(5-3-12)21-10-17-18-19-21/h2-5,10-11,13H,6-9,16H2,1H3. The summed E-state index contributed by atoms with van der Waals surface area (Å²) in [6, 6.07) is 7.98. The maximum Gasteiger partial charge on any atom is 0.227 e. The number of nitrogens with zero attached hydrogens (tertiary/aromatic N) is 5. The molecule has 0 bridgehead atoms. The van der Waals surface area contributed by atoms with E-state index in [-0.39, 0.29) is 11.9 Å². The van der Waals surface area contributed by atoms with Gasteiger partial charge in [0.05, 0.1) is 12.1 Å². The molecule has 0 aliphatic carbocycles. The van der Waals surface area contributed by atoms with Crippen LogP contribution in [0.1, 0.15) is 18.9 Å². The first-order valence-corrected chi connectivity index (χ1v) is 7.49. The van der Waals surface area contributed by atoms with Gasteiger partial charge in [-0.25, -0.2) is 4.68 Å². The average molecular weight is 300 g/mol. The third-order valence-electron chi connectivity index (χ3n) is 4.22. The van der Waals surface area contributed by atoms with E-state index < -0.39 is 0 Å². The van der Waals surface area contributed by atoms with Crippen molar-refractivity contribution < 1.29 is 4.79 Å². The summed E-state index contributed by atoms with van der Waals surface area (Å²) in [6.07, 6.45) is 2.96. The molecule has 116 valence electrons. The minimum absolute atomic E-state index is 0.165. The molecule has 2 unspecified atom stereocenters. The minimum Gasteiger partial charge on any atom is -0.339 e. The van der Waals surface area contributed by atoms with E-state index in [1.165, 1.54) is 0 Å². The highest BCUT2D eigenvalue weighted by Crippen LogP contribution is 2.23. The number of carbonyl (C=O) groups is 1. The number of carbonyl (C=O) groups excluding carboxylic acids is 1. The Morgan fingerprint density at radius 3 is 2.73 bits per heavy atom. The number of rotatable bonds is 4. The van der Waals surface area contributed by atoms with E-state index in [2.05, 4.69) is 22.4 Å². The molecule has 1 aromatic heterocycles.